The van der Waals surface area contributed by atoms with E-state index in [4.69, 9.17) is 7.85 Å². The fourth-order valence-electron chi connectivity index (χ4n) is 2.37. The van der Waals surface area contributed by atoms with E-state index in [9.17, 15) is 14.4 Å². The van der Waals surface area contributed by atoms with Crippen molar-refractivity contribution in [3.8, 4) is 0 Å². The number of hydrogen-bond donors (Lipinski definition) is 2. The van der Waals surface area contributed by atoms with Crippen LogP contribution in [0.4, 0.5) is 0 Å². The molecule has 5 heteroatoms. The van der Waals surface area contributed by atoms with Crippen molar-refractivity contribution in [3.05, 3.63) is 12.2 Å². The number of rotatable bonds is 7. The molecule has 0 radical (unpaired) electrons. The number of aliphatic carboxylic acids is 1. The van der Waals surface area contributed by atoms with Crippen LogP contribution in [-0.2, 0) is 14.4 Å². The number of ketones is 1. The topological polar surface area (TPSA) is 83.5 Å². The van der Waals surface area contributed by atoms with Crippen LogP contribution in [0.15, 0.2) is 12.2 Å². The predicted octanol–water partition coefficient (Wildman–Crippen LogP) is 1.53. The van der Waals surface area contributed by atoms with Crippen LogP contribution in [0.3, 0.4) is 0 Å². The van der Waals surface area contributed by atoms with E-state index in [1.165, 1.54) is 0 Å². The van der Waals surface area contributed by atoms with Gasteiger partial charge in [0.2, 0.25) is 5.91 Å². The summed E-state index contributed by atoms with van der Waals surface area (Å²) in [4.78, 5) is 34.2. The van der Waals surface area contributed by atoms with Crippen molar-refractivity contribution in [2.24, 2.45) is 11.8 Å². The average Bonchev–Trinajstić information content (AvgIpc) is 2.70. The molecule has 2 atom stereocenters. The van der Waals surface area contributed by atoms with Gasteiger partial charge in [-0.05, 0) is 25.2 Å². The summed E-state index contributed by atoms with van der Waals surface area (Å²) >= 11 is 0. The zero-order valence-electron chi connectivity index (χ0n) is 13.0. The van der Waals surface area contributed by atoms with Gasteiger partial charge in [-0.3, -0.25) is 14.4 Å². The Kier molecular flexibility index (Phi) is 5.03. The minimum Gasteiger partial charge on any atom is -0.480 e. The summed E-state index contributed by atoms with van der Waals surface area (Å²) in [6, 6.07) is 0. The highest BCUT2D eigenvalue weighted by Gasteiger charge is 2.34. The Balaban J connectivity index is 2.59. The van der Waals surface area contributed by atoms with E-state index in [-0.39, 0.29) is 24.0 Å². The van der Waals surface area contributed by atoms with Crippen molar-refractivity contribution in [1.29, 1.82) is 0 Å². The Morgan fingerprint density at radius 1 is 1.53 bits per heavy atom. The molecule has 0 aromatic carbocycles. The maximum atomic E-state index is 11.8. The summed E-state index contributed by atoms with van der Waals surface area (Å²) < 4.78 is 14.3. The highest BCUT2D eigenvalue weighted by Crippen LogP contribution is 2.34. The van der Waals surface area contributed by atoms with Gasteiger partial charge < -0.3 is 10.4 Å². The molecule has 0 saturated heterocycles. The molecule has 0 unspecified atom stereocenters. The van der Waals surface area contributed by atoms with E-state index in [2.05, 4.69) is 0 Å². The SMILES string of the molecule is [2H]C([2H])(NC(=O)C[C@H]1CCC(=O)[C@@H]1C/C=C/CC)C(=O)O. The molecule has 2 N–H and O–H groups in total. The number of nitrogens with one attached hydrogen (secondary N) is 1. The maximum Gasteiger partial charge on any atom is 0.322 e. The summed E-state index contributed by atoms with van der Waals surface area (Å²) in [6.07, 6.45) is 6.34. The molecule has 1 amide bonds. The summed E-state index contributed by atoms with van der Waals surface area (Å²) in [7, 11) is 0. The molecule has 106 valence electrons. The van der Waals surface area contributed by atoms with E-state index >= 15 is 0 Å². The molecule has 19 heavy (non-hydrogen) atoms. The number of Topliss-reactive ketones (excluding diaryl/α,β-unsaturated/α-hetero) is 1. The van der Waals surface area contributed by atoms with Gasteiger partial charge in [0, 0.05) is 18.8 Å². The van der Waals surface area contributed by atoms with E-state index in [0.717, 1.165) is 6.42 Å². The lowest BCUT2D eigenvalue weighted by Gasteiger charge is -2.16. The van der Waals surface area contributed by atoms with Gasteiger partial charge in [0.25, 0.3) is 0 Å². The van der Waals surface area contributed by atoms with Gasteiger partial charge in [-0.2, -0.15) is 0 Å². The van der Waals surface area contributed by atoms with Crippen LogP contribution >= 0.6 is 0 Å². The monoisotopic (exact) mass is 269 g/mol. The van der Waals surface area contributed by atoms with Crippen molar-refractivity contribution in [2.75, 3.05) is 6.50 Å². The molecule has 1 aliphatic rings. The van der Waals surface area contributed by atoms with Crippen LogP contribution in [0, 0.1) is 11.8 Å². The van der Waals surface area contributed by atoms with Gasteiger partial charge >= 0.3 is 5.97 Å². The van der Waals surface area contributed by atoms with Gasteiger partial charge in [0.15, 0.2) is 0 Å². The standard InChI is InChI=1S/C14H21NO4/c1-2-3-4-5-11-10(6-7-12(11)16)8-13(17)15-9-14(18)19/h3-4,10-11H,2,5-9H2,1H3,(H,15,17)(H,18,19)/b4-3+/t10-,11-/m1/s1/i9D2. The molecule has 0 heterocycles. The fourth-order valence-corrected chi connectivity index (χ4v) is 2.37. The molecule has 5 nitrogen and oxygen atoms in total. The Labute approximate surface area is 115 Å². The summed E-state index contributed by atoms with van der Waals surface area (Å²) in [6.45, 7) is -0.789. The van der Waals surface area contributed by atoms with Crippen LogP contribution in [0.5, 0.6) is 0 Å². The van der Waals surface area contributed by atoms with Crippen LogP contribution in [-0.4, -0.2) is 29.3 Å². The molecule has 0 aliphatic heterocycles. The maximum absolute atomic E-state index is 11.8. The lowest BCUT2D eigenvalue weighted by molar-refractivity contribution is -0.138. The van der Waals surface area contributed by atoms with Gasteiger partial charge in [0.1, 0.15) is 12.3 Å². The average molecular weight is 269 g/mol. The molecular weight excluding hydrogens is 246 g/mol. The minimum atomic E-state index is -2.78. The zero-order chi connectivity index (χ0) is 16.0. The number of allylic oxidation sites excluding steroid dienone is 2. The first kappa shape index (κ1) is 12.4. The van der Waals surface area contributed by atoms with Crippen LogP contribution in [0.2, 0.25) is 0 Å². The van der Waals surface area contributed by atoms with Crippen molar-refractivity contribution >= 4 is 17.7 Å². The van der Waals surface area contributed by atoms with Crippen LogP contribution in [0.25, 0.3) is 0 Å². The first-order valence-corrected chi connectivity index (χ1v) is 6.50. The smallest absolute Gasteiger partial charge is 0.322 e. The van der Waals surface area contributed by atoms with Crippen molar-refractivity contribution in [2.45, 2.75) is 39.0 Å². The zero-order valence-corrected chi connectivity index (χ0v) is 11.0. The summed E-state index contributed by atoms with van der Waals surface area (Å²) in [5.41, 5.74) is 0. The van der Waals surface area contributed by atoms with E-state index in [1.54, 1.807) is 0 Å². The lowest BCUT2D eigenvalue weighted by atomic mass is 9.89. The van der Waals surface area contributed by atoms with Gasteiger partial charge in [-0.15, -0.1) is 0 Å². The molecule has 0 bridgehead atoms. The highest BCUT2D eigenvalue weighted by atomic mass is 16.4. The summed E-state index contributed by atoms with van der Waals surface area (Å²) in [5, 5.41) is 10.5. The molecule has 1 fully saturated rings. The Bertz CT molecular complexity index is 448. The van der Waals surface area contributed by atoms with E-state index < -0.39 is 18.4 Å². The molecule has 1 aliphatic carbocycles. The van der Waals surface area contributed by atoms with Crippen LogP contribution < -0.4 is 5.32 Å². The Morgan fingerprint density at radius 2 is 2.26 bits per heavy atom. The first-order chi connectivity index (χ1) is 9.77. The number of carbonyl (C=O) groups is 3. The van der Waals surface area contributed by atoms with Gasteiger partial charge in [0.05, 0.1) is 2.74 Å². The van der Waals surface area contributed by atoms with Gasteiger partial charge in [-0.1, -0.05) is 19.1 Å². The number of hydrogen-bond acceptors (Lipinski definition) is 3. The second-order valence-electron chi connectivity index (χ2n) is 4.67. The van der Waals surface area contributed by atoms with E-state index in [1.807, 2.05) is 24.4 Å². The third kappa shape index (κ3) is 5.24. The molecule has 1 saturated carbocycles. The third-order valence-electron chi connectivity index (χ3n) is 3.29. The molecular formula is C14H21NO4. The minimum absolute atomic E-state index is 0.0246. The third-order valence-corrected chi connectivity index (χ3v) is 3.29. The molecule has 1 rings (SSSR count). The second-order valence-corrected chi connectivity index (χ2v) is 4.67. The van der Waals surface area contributed by atoms with Crippen molar-refractivity contribution in [1.82, 2.24) is 5.32 Å². The quantitative estimate of drug-likeness (QED) is 0.686. The second kappa shape index (κ2) is 7.71. The molecule has 0 aromatic rings. The Morgan fingerprint density at radius 3 is 2.89 bits per heavy atom. The highest BCUT2D eigenvalue weighted by molar-refractivity contribution is 5.86. The fraction of sp³-hybridized carbons (Fsp3) is 0.643. The molecule has 0 spiro atoms. The van der Waals surface area contributed by atoms with Gasteiger partial charge in [-0.25, -0.2) is 0 Å². The lowest BCUT2D eigenvalue weighted by Crippen LogP contribution is -2.31. The number of carbonyl (C=O) groups excluding carboxylic acids is 2. The largest absolute Gasteiger partial charge is 0.480 e. The van der Waals surface area contributed by atoms with E-state index in [0.29, 0.717) is 19.3 Å². The number of carboxylic acid groups (broad SMARTS) is 1. The number of carboxylic acids is 1. The predicted molar refractivity (Wildman–Crippen MR) is 70.5 cm³/mol. The Hall–Kier alpha value is -1.65. The molecule has 0 aromatic heterocycles. The van der Waals surface area contributed by atoms with Crippen LogP contribution in [0.1, 0.15) is 41.8 Å². The van der Waals surface area contributed by atoms with Crippen molar-refractivity contribution < 1.29 is 22.2 Å². The first-order valence-electron chi connectivity index (χ1n) is 7.50. The normalized spacial score (nSPS) is 25.2. The number of amides is 1. The summed E-state index contributed by atoms with van der Waals surface area (Å²) in [5.74, 6) is -2.67. The van der Waals surface area contributed by atoms with Crippen molar-refractivity contribution in [3.63, 3.8) is 0 Å².